The molecule has 4 aliphatic rings. The fourth-order valence-corrected chi connectivity index (χ4v) is 8.23. The van der Waals surface area contributed by atoms with Gasteiger partial charge >= 0.3 is 0 Å². The smallest absolute Gasteiger partial charge is 0.163 e. The average Bonchev–Trinajstić information content (AvgIpc) is 2.76. The molecule has 4 nitrogen and oxygen atoms in total. The van der Waals surface area contributed by atoms with Crippen molar-refractivity contribution in [1.29, 1.82) is 0 Å². The van der Waals surface area contributed by atoms with E-state index < -0.39 is 11.0 Å². The summed E-state index contributed by atoms with van der Waals surface area (Å²) < 4.78 is 0. The van der Waals surface area contributed by atoms with Gasteiger partial charge in [0.2, 0.25) is 0 Å². The molecule has 0 aromatic rings. The first kappa shape index (κ1) is 18.5. The highest BCUT2D eigenvalue weighted by molar-refractivity contribution is 9.09. The maximum absolute atomic E-state index is 13.4. The number of allylic oxidation sites excluding steroid dienone is 1. The molecule has 142 valence electrons. The van der Waals surface area contributed by atoms with Gasteiger partial charge in [0.25, 0.3) is 0 Å². The van der Waals surface area contributed by atoms with Crippen LogP contribution in [0.5, 0.6) is 0 Å². The van der Waals surface area contributed by atoms with Gasteiger partial charge in [-0.1, -0.05) is 35.4 Å². The molecule has 0 unspecified atom stereocenters. The fraction of sp³-hybridized carbons (Fsp3) is 0.762. The quantitative estimate of drug-likeness (QED) is 0.657. The Hall–Kier alpha value is -0.810. The summed E-state index contributed by atoms with van der Waals surface area (Å²) in [4.78, 5) is 37.4. The molecule has 0 saturated heterocycles. The highest BCUT2D eigenvalue weighted by atomic mass is 79.9. The van der Waals surface area contributed by atoms with E-state index in [0.717, 1.165) is 31.3 Å². The second kappa shape index (κ2) is 5.60. The van der Waals surface area contributed by atoms with Crippen LogP contribution in [0.3, 0.4) is 0 Å². The van der Waals surface area contributed by atoms with Gasteiger partial charge in [-0.15, -0.1) is 0 Å². The van der Waals surface area contributed by atoms with Crippen molar-refractivity contribution in [2.45, 2.75) is 69.7 Å². The summed E-state index contributed by atoms with van der Waals surface area (Å²) in [6.45, 7) is 5.53. The van der Waals surface area contributed by atoms with Gasteiger partial charge in [0.1, 0.15) is 11.4 Å². The number of halogens is 1. The molecule has 0 amide bonds. The first-order valence-electron chi connectivity index (χ1n) is 9.70. The third-order valence-electron chi connectivity index (χ3n) is 8.37. The molecule has 0 aromatic carbocycles. The molecular formula is C21H27BrO4. The summed E-state index contributed by atoms with van der Waals surface area (Å²) >= 11 is 3.58. The lowest BCUT2D eigenvalue weighted by Crippen LogP contribution is -2.61. The van der Waals surface area contributed by atoms with Crippen LogP contribution in [0, 0.1) is 28.6 Å². The molecule has 0 aromatic heterocycles. The first-order valence-corrected chi connectivity index (χ1v) is 10.6. The summed E-state index contributed by atoms with van der Waals surface area (Å²) in [5.41, 5.74) is -1.30. The number of carbonyl (C=O) groups is 3. The Morgan fingerprint density at radius 1 is 1.27 bits per heavy atom. The molecule has 26 heavy (non-hydrogen) atoms. The summed E-state index contributed by atoms with van der Waals surface area (Å²) in [7, 11) is 0. The monoisotopic (exact) mass is 422 g/mol. The van der Waals surface area contributed by atoms with Gasteiger partial charge in [0.15, 0.2) is 11.6 Å². The Bertz CT molecular complexity index is 742. The van der Waals surface area contributed by atoms with E-state index in [0.29, 0.717) is 6.42 Å². The van der Waals surface area contributed by atoms with E-state index in [1.165, 1.54) is 6.92 Å². The lowest BCUT2D eigenvalue weighted by Gasteiger charge is -2.57. The number of ketones is 3. The number of Topliss-reactive ketones (excluding diaryl/α,β-unsaturated/α-hetero) is 2. The van der Waals surface area contributed by atoms with E-state index in [-0.39, 0.29) is 51.8 Å². The largest absolute Gasteiger partial charge is 0.380 e. The van der Waals surface area contributed by atoms with E-state index in [4.69, 9.17) is 0 Å². The summed E-state index contributed by atoms with van der Waals surface area (Å²) in [5, 5.41) is 11.3. The minimum absolute atomic E-state index is 0.0947. The Balaban J connectivity index is 1.79. The molecule has 0 heterocycles. The SMILES string of the molecule is CC(=O)[C@@]1(O)[C@@H](Br)C[C@H]2[C@@H]3CCC4=CC(=O)CC[C@]4(C)[C@H]3C(=O)C[C@@]21C. The van der Waals surface area contributed by atoms with Crippen LogP contribution in [0.4, 0.5) is 0 Å². The number of rotatable bonds is 1. The molecule has 4 rings (SSSR count). The minimum atomic E-state index is -1.49. The van der Waals surface area contributed by atoms with E-state index in [1.807, 2.05) is 6.92 Å². The number of aliphatic hydroxyl groups is 1. The maximum atomic E-state index is 13.4. The van der Waals surface area contributed by atoms with E-state index in [1.54, 1.807) is 6.08 Å². The minimum Gasteiger partial charge on any atom is -0.380 e. The van der Waals surface area contributed by atoms with Gasteiger partial charge in [0.05, 0.1) is 4.83 Å². The normalized spacial score (nSPS) is 50.6. The van der Waals surface area contributed by atoms with Crippen LogP contribution < -0.4 is 0 Å². The van der Waals surface area contributed by atoms with Gasteiger partial charge in [-0.25, -0.2) is 0 Å². The maximum Gasteiger partial charge on any atom is 0.163 e. The Morgan fingerprint density at radius 2 is 1.96 bits per heavy atom. The molecule has 5 heteroatoms. The van der Waals surface area contributed by atoms with Crippen molar-refractivity contribution in [3.05, 3.63) is 11.6 Å². The Labute approximate surface area is 162 Å². The predicted molar refractivity (Wildman–Crippen MR) is 101 cm³/mol. The zero-order chi connectivity index (χ0) is 19.1. The molecule has 0 spiro atoms. The topological polar surface area (TPSA) is 71.4 Å². The standard InChI is InChI=1S/C21H27BrO4/c1-11(23)21(26)17(22)9-15-14-5-4-12-8-13(24)6-7-19(12,2)18(14)16(25)10-20(15,21)3/h8,14-15,17-18,26H,4-7,9-10H2,1-3H3/t14-,15-,17-,18+,19-,20-,21+/m0/s1. The molecule has 4 aliphatic carbocycles. The molecular weight excluding hydrogens is 396 g/mol. The third kappa shape index (κ3) is 2.07. The fourth-order valence-electron chi connectivity index (χ4n) is 6.98. The van der Waals surface area contributed by atoms with Crippen molar-refractivity contribution in [2.24, 2.45) is 28.6 Å². The highest BCUT2D eigenvalue weighted by Crippen LogP contribution is 2.67. The van der Waals surface area contributed by atoms with Crippen LogP contribution in [0.15, 0.2) is 11.6 Å². The van der Waals surface area contributed by atoms with Gasteiger partial charge in [0, 0.05) is 24.2 Å². The van der Waals surface area contributed by atoms with Gasteiger partial charge in [-0.2, -0.15) is 0 Å². The number of fused-ring (bicyclic) bond motifs is 5. The van der Waals surface area contributed by atoms with Crippen LogP contribution in [0.2, 0.25) is 0 Å². The Kier molecular flexibility index (Phi) is 4.00. The molecule has 7 atom stereocenters. The number of carbonyl (C=O) groups excluding carboxylic acids is 3. The van der Waals surface area contributed by atoms with E-state index >= 15 is 0 Å². The van der Waals surface area contributed by atoms with Crippen LogP contribution in [0.1, 0.15) is 59.3 Å². The van der Waals surface area contributed by atoms with Crippen molar-refractivity contribution in [1.82, 2.24) is 0 Å². The van der Waals surface area contributed by atoms with Crippen molar-refractivity contribution in [2.75, 3.05) is 0 Å². The lowest BCUT2D eigenvalue weighted by atomic mass is 9.46. The average molecular weight is 423 g/mol. The van der Waals surface area contributed by atoms with Crippen LogP contribution >= 0.6 is 15.9 Å². The number of hydrogen-bond acceptors (Lipinski definition) is 4. The molecule has 1 N–H and O–H groups in total. The first-order chi connectivity index (χ1) is 12.1. The van der Waals surface area contributed by atoms with Crippen molar-refractivity contribution < 1.29 is 19.5 Å². The molecule has 3 fully saturated rings. The van der Waals surface area contributed by atoms with Crippen LogP contribution in [-0.4, -0.2) is 32.9 Å². The van der Waals surface area contributed by atoms with Crippen molar-refractivity contribution in [3.8, 4) is 0 Å². The van der Waals surface area contributed by atoms with Crippen molar-refractivity contribution >= 4 is 33.3 Å². The van der Waals surface area contributed by atoms with Crippen LogP contribution in [0.25, 0.3) is 0 Å². The second-order valence-electron chi connectivity index (χ2n) is 9.43. The molecule has 0 radical (unpaired) electrons. The molecule has 3 saturated carbocycles. The van der Waals surface area contributed by atoms with Crippen molar-refractivity contribution in [3.63, 3.8) is 0 Å². The number of alkyl halides is 1. The number of hydrogen-bond donors (Lipinski definition) is 1. The summed E-state index contributed by atoms with van der Waals surface area (Å²) in [5.74, 6) is 0.308. The Morgan fingerprint density at radius 3 is 2.62 bits per heavy atom. The predicted octanol–water partition coefficient (Wildman–Crippen LogP) is 3.39. The summed E-state index contributed by atoms with van der Waals surface area (Å²) in [6, 6.07) is 0. The van der Waals surface area contributed by atoms with Crippen LogP contribution in [-0.2, 0) is 14.4 Å². The van der Waals surface area contributed by atoms with Gasteiger partial charge < -0.3 is 5.11 Å². The third-order valence-corrected chi connectivity index (χ3v) is 9.40. The highest BCUT2D eigenvalue weighted by Gasteiger charge is 2.70. The van der Waals surface area contributed by atoms with Gasteiger partial charge in [-0.3, -0.25) is 14.4 Å². The van der Waals surface area contributed by atoms with E-state index in [9.17, 15) is 19.5 Å². The molecule has 0 aliphatic heterocycles. The zero-order valence-electron chi connectivity index (χ0n) is 15.7. The van der Waals surface area contributed by atoms with E-state index in [2.05, 4.69) is 22.9 Å². The second-order valence-corrected chi connectivity index (χ2v) is 10.5. The summed E-state index contributed by atoms with van der Waals surface area (Å²) in [6.07, 6.45) is 5.70. The zero-order valence-corrected chi connectivity index (χ0v) is 17.3. The molecule has 0 bridgehead atoms. The van der Waals surface area contributed by atoms with Gasteiger partial charge in [-0.05, 0) is 55.9 Å². The lowest BCUT2D eigenvalue weighted by molar-refractivity contribution is -0.166.